The summed E-state index contributed by atoms with van der Waals surface area (Å²) in [5.41, 5.74) is 6.01. The lowest BCUT2D eigenvalue weighted by Gasteiger charge is -2.07. The molecule has 0 aromatic rings. The molecule has 9 heavy (non-hydrogen) atoms. The summed E-state index contributed by atoms with van der Waals surface area (Å²) < 4.78 is 0. The van der Waals surface area contributed by atoms with E-state index < -0.39 is 0 Å². The second-order valence-corrected chi connectivity index (χ2v) is 3.04. The molecule has 1 aliphatic carbocycles. The lowest BCUT2D eigenvalue weighted by Crippen LogP contribution is -2.36. The second kappa shape index (κ2) is 2.67. The Bertz CT molecular complexity index is 86.9. The van der Waals surface area contributed by atoms with Gasteiger partial charge in [0.25, 0.3) is 0 Å². The molecule has 0 radical (unpaired) electrons. The highest BCUT2D eigenvalue weighted by Crippen LogP contribution is 2.30. The average molecular weight is 128 g/mol. The van der Waals surface area contributed by atoms with E-state index in [0.29, 0.717) is 0 Å². The summed E-state index contributed by atoms with van der Waals surface area (Å²) in [6.45, 7) is 4.29. The molecule has 1 fully saturated rings. The lowest BCUT2D eigenvalue weighted by molar-refractivity contribution is 0.566. The molecule has 0 atom stereocenters. The van der Waals surface area contributed by atoms with E-state index in [9.17, 15) is 0 Å². The lowest BCUT2D eigenvalue weighted by atomic mass is 10.3. The number of hydrogen-bond donors (Lipinski definition) is 2. The van der Waals surface area contributed by atoms with Crippen LogP contribution in [0.15, 0.2) is 0 Å². The summed E-state index contributed by atoms with van der Waals surface area (Å²) in [4.78, 5) is 0. The molecular weight excluding hydrogens is 112 g/mol. The second-order valence-electron chi connectivity index (χ2n) is 3.04. The molecule has 54 valence electrons. The minimum atomic E-state index is 0.190. The van der Waals surface area contributed by atoms with Crippen LogP contribution in [0, 0.1) is 0 Å². The first-order chi connectivity index (χ1) is 4.27. The van der Waals surface area contributed by atoms with E-state index in [1.165, 1.54) is 19.3 Å². The molecule has 0 bridgehead atoms. The van der Waals surface area contributed by atoms with Crippen LogP contribution in [-0.4, -0.2) is 18.6 Å². The smallest absolute Gasteiger partial charge is 0.0282 e. The van der Waals surface area contributed by atoms with Crippen molar-refractivity contribution < 1.29 is 0 Å². The van der Waals surface area contributed by atoms with Crippen molar-refractivity contribution in [3.63, 3.8) is 0 Å². The SMILES string of the molecule is CCCNCC1(N)CC1. The first-order valence-corrected chi connectivity index (χ1v) is 3.76. The highest BCUT2D eigenvalue weighted by Gasteiger charge is 2.37. The van der Waals surface area contributed by atoms with Gasteiger partial charge >= 0.3 is 0 Å². The van der Waals surface area contributed by atoms with Gasteiger partial charge in [0, 0.05) is 12.1 Å². The molecule has 0 saturated heterocycles. The number of rotatable bonds is 4. The fourth-order valence-corrected chi connectivity index (χ4v) is 0.851. The molecule has 0 aromatic carbocycles. The van der Waals surface area contributed by atoms with Crippen LogP contribution in [0.5, 0.6) is 0 Å². The number of hydrogen-bond acceptors (Lipinski definition) is 2. The van der Waals surface area contributed by atoms with Crippen LogP contribution < -0.4 is 11.1 Å². The summed E-state index contributed by atoms with van der Waals surface area (Å²) in [7, 11) is 0. The van der Waals surface area contributed by atoms with Gasteiger partial charge in [-0.05, 0) is 25.8 Å². The normalized spacial score (nSPS) is 22.0. The van der Waals surface area contributed by atoms with E-state index in [0.717, 1.165) is 13.1 Å². The molecule has 0 aliphatic heterocycles. The van der Waals surface area contributed by atoms with E-state index in [4.69, 9.17) is 5.73 Å². The van der Waals surface area contributed by atoms with Crippen LogP contribution in [0.4, 0.5) is 0 Å². The zero-order chi connectivity index (χ0) is 6.74. The van der Waals surface area contributed by atoms with Crippen molar-refractivity contribution in [1.29, 1.82) is 0 Å². The van der Waals surface area contributed by atoms with Crippen molar-refractivity contribution in [2.75, 3.05) is 13.1 Å². The van der Waals surface area contributed by atoms with E-state index in [1.807, 2.05) is 0 Å². The van der Waals surface area contributed by atoms with Crippen molar-refractivity contribution in [2.24, 2.45) is 5.73 Å². The standard InChI is InChI=1S/C7H16N2/c1-2-5-9-6-7(8)3-4-7/h9H,2-6,8H2,1H3. The highest BCUT2D eigenvalue weighted by molar-refractivity contribution is 5.00. The number of nitrogens with two attached hydrogens (primary N) is 1. The Labute approximate surface area is 56.8 Å². The predicted molar refractivity (Wildman–Crippen MR) is 39.3 cm³/mol. The third-order valence-electron chi connectivity index (χ3n) is 1.80. The molecule has 0 unspecified atom stereocenters. The quantitative estimate of drug-likeness (QED) is 0.540. The van der Waals surface area contributed by atoms with Gasteiger partial charge in [-0.15, -0.1) is 0 Å². The Balaban J connectivity index is 1.92. The van der Waals surface area contributed by atoms with Gasteiger partial charge in [-0.25, -0.2) is 0 Å². The van der Waals surface area contributed by atoms with Crippen LogP contribution >= 0.6 is 0 Å². The van der Waals surface area contributed by atoms with Gasteiger partial charge in [-0.1, -0.05) is 6.92 Å². The maximum Gasteiger partial charge on any atom is 0.0282 e. The Morgan fingerprint density at radius 2 is 2.22 bits per heavy atom. The molecule has 0 aromatic heterocycles. The molecule has 2 heteroatoms. The van der Waals surface area contributed by atoms with Crippen molar-refractivity contribution >= 4 is 0 Å². The van der Waals surface area contributed by atoms with Crippen molar-refractivity contribution in [3.05, 3.63) is 0 Å². The first-order valence-electron chi connectivity index (χ1n) is 3.76. The van der Waals surface area contributed by atoms with Crippen LogP contribution in [0.25, 0.3) is 0 Å². The van der Waals surface area contributed by atoms with E-state index in [2.05, 4.69) is 12.2 Å². The summed E-state index contributed by atoms with van der Waals surface area (Å²) in [5, 5.41) is 3.31. The molecule has 1 aliphatic rings. The minimum absolute atomic E-state index is 0.190. The predicted octanol–water partition coefficient (Wildman–Crippen LogP) is 0.477. The van der Waals surface area contributed by atoms with Crippen molar-refractivity contribution in [3.8, 4) is 0 Å². The van der Waals surface area contributed by atoms with E-state index >= 15 is 0 Å². The summed E-state index contributed by atoms with van der Waals surface area (Å²) in [6.07, 6.45) is 3.63. The van der Waals surface area contributed by atoms with E-state index in [1.54, 1.807) is 0 Å². The van der Waals surface area contributed by atoms with Gasteiger partial charge in [-0.3, -0.25) is 0 Å². The Kier molecular flexibility index (Phi) is 2.09. The fourth-order valence-electron chi connectivity index (χ4n) is 0.851. The van der Waals surface area contributed by atoms with Gasteiger partial charge in [0.05, 0.1) is 0 Å². The highest BCUT2D eigenvalue weighted by atomic mass is 15.0. The molecule has 0 heterocycles. The number of nitrogens with one attached hydrogen (secondary N) is 1. The molecule has 0 spiro atoms. The van der Waals surface area contributed by atoms with Gasteiger partial charge in [0.15, 0.2) is 0 Å². The fraction of sp³-hybridized carbons (Fsp3) is 1.00. The first kappa shape index (κ1) is 7.03. The summed E-state index contributed by atoms with van der Waals surface area (Å²) in [5.74, 6) is 0. The Morgan fingerprint density at radius 1 is 1.56 bits per heavy atom. The monoisotopic (exact) mass is 128 g/mol. The van der Waals surface area contributed by atoms with Gasteiger partial charge < -0.3 is 11.1 Å². The Morgan fingerprint density at radius 3 is 2.67 bits per heavy atom. The third-order valence-corrected chi connectivity index (χ3v) is 1.80. The maximum atomic E-state index is 5.82. The van der Waals surface area contributed by atoms with Gasteiger partial charge in [0.1, 0.15) is 0 Å². The van der Waals surface area contributed by atoms with Gasteiger partial charge in [0.2, 0.25) is 0 Å². The van der Waals surface area contributed by atoms with Crippen LogP contribution in [0.1, 0.15) is 26.2 Å². The molecule has 1 saturated carbocycles. The molecular formula is C7H16N2. The zero-order valence-electron chi connectivity index (χ0n) is 6.11. The molecule has 2 nitrogen and oxygen atoms in total. The molecule has 0 amide bonds. The summed E-state index contributed by atoms with van der Waals surface area (Å²) in [6, 6.07) is 0. The Hall–Kier alpha value is -0.0800. The minimum Gasteiger partial charge on any atom is -0.324 e. The van der Waals surface area contributed by atoms with Crippen LogP contribution in [-0.2, 0) is 0 Å². The van der Waals surface area contributed by atoms with Crippen molar-refractivity contribution in [2.45, 2.75) is 31.7 Å². The van der Waals surface area contributed by atoms with E-state index in [-0.39, 0.29) is 5.54 Å². The van der Waals surface area contributed by atoms with Crippen molar-refractivity contribution in [1.82, 2.24) is 5.32 Å². The van der Waals surface area contributed by atoms with Gasteiger partial charge in [-0.2, -0.15) is 0 Å². The topological polar surface area (TPSA) is 38.0 Å². The summed E-state index contributed by atoms with van der Waals surface area (Å²) >= 11 is 0. The van der Waals surface area contributed by atoms with Crippen LogP contribution in [0.3, 0.4) is 0 Å². The maximum absolute atomic E-state index is 5.82. The zero-order valence-corrected chi connectivity index (χ0v) is 6.11. The van der Waals surface area contributed by atoms with Crippen LogP contribution in [0.2, 0.25) is 0 Å². The molecule has 1 rings (SSSR count). The average Bonchev–Trinajstić information content (AvgIpc) is 2.50. The molecule has 3 N–H and O–H groups in total. The largest absolute Gasteiger partial charge is 0.324 e. The third kappa shape index (κ3) is 2.33.